The average Bonchev–Trinajstić information content (AvgIpc) is 2.82. The highest BCUT2D eigenvalue weighted by molar-refractivity contribution is 6.04. The van der Waals surface area contributed by atoms with Gasteiger partial charge in [-0.25, -0.2) is 0 Å². The molecule has 0 aromatic heterocycles. The molecule has 0 saturated carbocycles. The van der Waals surface area contributed by atoms with Gasteiger partial charge in [0.25, 0.3) is 11.8 Å². The van der Waals surface area contributed by atoms with E-state index in [0.717, 1.165) is 5.56 Å². The monoisotopic (exact) mass is 448 g/mol. The van der Waals surface area contributed by atoms with Crippen LogP contribution in [0.3, 0.4) is 0 Å². The third-order valence-corrected chi connectivity index (χ3v) is 4.61. The number of hydrogen-bond acceptors (Lipinski definition) is 6. The summed E-state index contributed by atoms with van der Waals surface area (Å²) in [6, 6.07) is 18.4. The number of carbonyl (C=O) groups excluding carboxylic acids is 3. The maximum atomic E-state index is 12.6. The summed E-state index contributed by atoms with van der Waals surface area (Å²) in [4.78, 5) is 36.3. The lowest BCUT2D eigenvalue weighted by molar-refractivity contribution is -0.131. The molecular formula is C25H24N2O6. The van der Waals surface area contributed by atoms with Crippen LogP contribution < -0.4 is 24.8 Å². The topological polar surface area (TPSA) is 103 Å². The number of nitrogens with one attached hydrogen (secondary N) is 2. The molecule has 170 valence electrons. The van der Waals surface area contributed by atoms with Crippen molar-refractivity contribution >= 4 is 23.5 Å². The molecule has 33 heavy (non-hydrogen) atoms. The molecule has 0 fully saturated rings. The lowest BCUT2D eigenvalue weighted by Gasteiger charge is -2.11. The van der Waals surface area contributed by atoms with Crippen molar-refractivity contribution in [3.8, 4) is 17.2 Å². The number of ether oxygens (including phenoxy) is 3. The van der Waals surface area contributed by atoms with E-state index >= 15 is 0 Å². The number of amides is 2. The summed E-state index contributed by atoms with van der Waals surface area (Å²) in [5.74, 6) is 0.219. The fourth-order valence-electron chi connectivity index (χ4n) is 3.05. The number of carbonyl (C=O) groups is 3. The van der Waals surface area contributed by atoms with Crippen LogP contribution >= 0.6 is 0 Å². The standard InChI is InChI=1S/C25H24N2O6/c1-16(28)33-21-9-5-7-18(11-21)25(30)27-20-8-4-6-17(10-20)15-26-24(29)19-12-22(31-2)14-23(13-19)32-3/h4-14H,15H2,1-3H3,(H,26,29)(H,27,30). The van der Waals surface area contributed by atoms with Crippen molar-refractivity contribution in [3.63, 3.8) is 0 Å². The van der Waals surface area contributed by atoms with E-state index in [4.69, 9.17) is 14.2 Å². The number of anilines is 1. The van der Waals surface area contributed by atoms with E-state index in [9.17, 15) is 14.4 Å². The summed E-state index contributed by atoms with van der Waals surface area (Å²) in [6.45, 7) is 1.55. The van der Waals surface area contributed by atoms with E-state index in [-0.39, 0.29) is 18.4 Å². The molecule has 2 N–H and O–H groups in total. The van der Waals surface area contributed by atoms with Gasteiger partial charge in [0.2, 0.25) is 0 Å². The molecule has 0 aliphatic heterocycles. The van der Waals surface area contributed by atoms with Gasteiger partial charge in [-0.1, -0.05) is 18.2 Å². The Hall–Kier alpha value is -4.33. The molecule has 3 aromatic rings. The molecule has 0 bridgehead atoms. The van der Waals surface area contributed by atoms with Crippen molar-refractivity contribution < 1.29 is 28.6 Å². The largest absolute Gasteiger partial charge is 0.497 e. The molecular weight excluding hydrogens is 424 g/mol. The Labute approximate surface area is 191 Å². The van der Waals surface area contributed by atoms with Gasteiger partial charge >= 0.3 is 5.97 Å². The normalized spacial score (nSPS) is 10.2. The Morgan fingerprint density at radius 2 is 1.42 bits per heavy atom. The van der Waals surface area contributed by atoms with Crippen molar-refractivity contribution in [1.29, 1.82) is 0 Å². The first-order valence-corrected chi connectivity index (χ1v) is 10.1. The second-order valence-electron chi connectivity index (χ2n) is 7.06. The summed E-state index contributed by atoms with van der Waals surface area (Å²) in [7, 11) is 3.03. The lowest BCUT2D eigenvalue weighted by Crippen LogP contribution is -2.23. The van der Waals surface area contributed by atoms with Crippen molar-refractivity contribution in [1.82, 2.24) is 5.32 Å². The van der Waals surface area contributed by atoms with E-state index in [1.165, 1.54) is 27.2 Å². The fourth-order valence-corrected chi connectivity index (χ4v) is 3.05. The zero-order valence-corrected chi connectivity index (χ0v) is 18.5. The Morgan fingerprint density at radius 3 is 2.09 bits per heavy atom. The smallest absolute Gasteiger partial charge is 0.308 e. The van der Waals surface area contributed by atoms with E-state index in [0.29, 0.717) is 34.1 Å². The third-order valence-electron chi connectivity index (χ3n) is 4.61. The van der Waals surface area contributed by atoms with Gasteiger partial charge in [-0.2, -0.15) is 0 Å². The summed E-state index contributed by atoms with van der Waals surface area (Å²) in [5, 5.41) is 5.65. The van der Waals surface area contributed by atoms with Crippen LogP contribution in [0.1, 0.15) is 33.2 Å². The predicted octanol–water partition coefficient (Wildman–Crippen LogP) is 3.81. The predicted molar refractivity (Wildman–Crippen MR) is 123 cm³/mol. The van der Waals surface area contributed by atoms with Crippen LogP contribution in [0.4, 0.5) is 5.69 Å². The van der Waals surface area contributed by atoms with E-state index in [2.05, 4.69) is 10.6 Å². The quantitative estimate of drug-likeness (QED) is 0.401. The summed E-state index contributed by atoms with van der Waals surface area (Å²) < 4.78 is 15.4. The van der Waals surface area contributed by atoms with Crippen molar-refractivity contribution in [2.24, 2.45) is 0 Å². The average molecular weight is 448 g/mol. The maximum absolute atomic E-state index is 12.6. The van der Waals surface area contributed by atoms with Gasteiger partial charge in [0.05, 0.1) is 14.2 Å². The molecule has 0 atom stereocenters. The highest BCUT2D eigenvalue weighted by Crippen LogP contribution is 2.22. The minimum Gasteiger partial charge on any atom is -0.497 e. The number of hydrogen-bond donors (Lipinski definition) is 2. The molecule has 3 aromatic carbocycles. The molecule has 0 aliphatic carbocycles. The molecule has 0 radical (unpaired) electrons. The minimum atomic E-state index is -0.463. The molecule has 0 unspecified atom stereocenters. The van der Waals surface area contributed by atoms with Gasteiger partial charge in [0.1, 0.15) is 17.2 Å². The Morgan fingerprint density at radius 1 is 0.758 bits per heavy atom. The molecule has 0 saturated heterocycles. The van der Waals surface area contributed by atoms with Crippen LogP contribution in [0.5, 0.6) is 17.2 Å². The zero-order chi connectivity index (χ0) is 23.8. The SMILES string of the molecule is COc1cc(OC)cc(C(=O)NCc2cccc(NC(=O)c3cccc(OC(C)=O)c3)c2)c1. The molecule has 0 heterocycles. The van der Waals surface area contributed by atoms with Crippen LogP contribution in [0, 0.1) is 0 Å². The highest BCUT2D eigenvalue weighted by atomic mass is 16.5. The molecule has 8 nitrogen and oxygen atoms in total. The molecule has 8 heteroatoms. The van der Waals surface area contributed by atoms with Crippen LogP contribution in [0.15, 0.2) is 66.7 Å². The van der Waals surface area contributed by atoms with Crippen LogP contribution in [0.2, 0.25) is 0 Å². The lowest BCUT2D eigenvalue weighted by atomic mass is 10.1. The molecule has 2 amide bonds. The summed E-state index contributed by atoms with van der Waals surface area (Å²) in [5.41, 5.74) is 2.11. The minimum absolute atomic E-state index is 0.254. The Balaban J connectivity index is 1.65. The number of rotatable bonds is 8. The van der Waals surface area contributed by atoms with Gasteiger partial charge in [-0.05, 0) is 48.0 Å². The van der Waals surface area contributed by atoms with Gasteiger partial charge in [-0.3, -0.25) is 14.4 Å². The van der Waals surface area contributed by atoms with Crippen molar-refractivity contribution in [2.45, 2.75) is 13.5 Å². The first kappa shape index (κ1) is 23.3. The summed E-state index contributed by atoms with van der Waals surface area (Å²) in [6.07, 6.45) is 0. The fraction of sp³-hybridized carbons (Fsp3) is 0.160. The first-order chi connectivity index (χ1) is 15.9. The second kappa shape index (κ2) is 10.8. The van der Waals surface area contributed by atoms with Crippen LogP contribution in [-0.2, 0) is 11.3 Å². The second-order valence-corrected chi connectivity index (χ2v) is 7.06. The van der Waals surface area contributed by atoms with Crippen LogP contribution in [-0.4, -0.2) is 32.0 Å². The van der Waals surface area contributed by atoms with E-state index in [1.54, 1.807) is 54.6 Å². The maximum Gasteiger partial charge on any atom is 0.308 e. The van der Waals surface area contributed by atoms with Gasteiger partial charge in [-0.15, -0.1) is 0 Å². The highest BCUT2D eigenvalue weighted by Gasteiger charge is 2.11. The van der Waals surface area contributed by atoms with E-state index in [1.807, 2.05) is 6.07 Å². The number of benzene rings is 3. The van der Waals surface area contributed by atoms with Gasteiger partial charge in [0.15, 0.2) is 0 Å². The van der Waals surface area contributed by atoms with Crippen LogP contribution in [0.25, 0.3) is 0 Å². The first-order valence-electron chi connectivity index (χ1n) is 10.1. The Bertz CT molecular complexity index is 1150. The van der Waals surface area contributed by atoms with E-state index < -0.39 is 5.97 Å². The zero-order valence-electron chi connectivity index (χ0n) is 18.5. The van der Waals surface area contributed by atoms with Crippen molar-refractivity contribution in [3.05, 3.63) is 83.4 Å². The van der Waals surface area contributed by atoms with Gasteiger partial charge in [0, 0.05) is 36.3 Å². The summed E-state index contributed by atoms with van der Waals surface area (Å²) >= 11 is 0. The molecule has 3 rings (SSSR count). The van der Waals surface area contributed by atoms with Crippen molar-refractivity contribution in [2.75, 3.05) is 19.5 Å². The third kappa shape index (κ3) is 6.57. The molecule has 0 spiro atoms. The number of methoxy groups -OCH3 is 2. The molecule has 0 aliphatic rings. The number of esters is 1. The Kier molecular flexibility index (Phi) is 7.64. The van der Waals surface area contributed by atoms with Gasteiger partial charge < -0.3 is 24.8 Å².